The molecule has 2 heterocycles. The fraction of sp³-hybridized carbons (Fsp3) is 0.400. The number of hydrogen-bond donors (Lipinski definition) is 2. The van der Waals surface area contributed by atoms with E-state index in [9.17, 15) is 0 Å². The second-order valence-corrected chi connectivity index (χ2v) is 6.40. The Hall–Kier alpha value is -1.39. The Balaban J connectivity index is 1.68. The van der Waals surface area contributed by atoms with E-state index in [2.05, 4.69) is 53.7 Å². The van der Waals surface area contributed by atoms with Crippen LogP contribution in [0.1, 0.15) is 30.3 Å². The number of anilines is 1. The maximum atomic E-state index is 4.42. The molecule has 1 aliphatic heterocycles. The molecule has 1 aromatic heterocycles. The number of para-hydroxylation sites is 1. The molecule has 1 aliphatic rings. The van der Waals surface area contributed by atoms with Gasteiger partial charge < -0.3 is 10.6 Å². The summed E-state index contributed by atoms with van der Waals surface area (Å²) in [6.45, 7) is 6.37. The van der Waals surface area contributed by atoms with Gasteiger partial charge in [-0.15, -0.1) is 11.3 Å². The highest BCUT2D eigenvalue weighted by atomic mass is 32.1. The van der Waals surface area contributed by atoms with Crippen molar-refractivity contribution in [3.63, 3.8) is 0 Å². The second-order valence-electron chi connectivity index (χ2n) is 5.51. The number of thiazole rings is 1. The molecule has 1 aromatic carbocycles. The average Bonchev–Trinajstić information content (AvgIpc) is 3.07. The number of rotatable bonds is 4. The lowest BCUT2D eigenvalue weighted by Gasteiger charge is -2.26. The van der Waals surface area contributed by atoms with Crippen molar-refractivity contribution < 1.29 is 0 Å². The SMILES string of the molecule is CC(C)(NCC1CNc2ccccc21)c1nccs1. The Morgan fingerprint density at radius 2 is 2.26 bits per heavy atom. The highest BCUT2D eigenvalue weighted by molar-refractivity contribution is 7.09. The molecule has 19 heavy (non-hydrogen) atoms. The van der Waals surface area contributed by atoms with Gasteiger partial charge in [0.15, 0.2) is 0 Å². The van der Waals surface area contributed by atoms with E-state index in [1.165, 1.54) is 11.3 Å². The quantitative estimate of drug-likeness (QED) is 0.898. The van der Waals surface area contributed by atoms with Gasteiger partial charge in [0.1, 0.15) is 5.01 Å². The average molecular weight is 273 g/mol. The lowest BCUT2D eigenvalue weighted by Crippen LogP contribution is -2.39. The van der Waals surface area contributed by atoms with E-state index < -0.39 is 0 Å². The van der Waals surface area contributed by atoms with Gasteiger partial charge in [0, 0.05) is 36.3 Å². The Morgan fingerprint density at radius 1 is 1.42 bits per heavy atom. The van der Waals surface area contributed by atoms with Crippen molar-refractivity contribution in [1.82, 2.24) is 10.3 Å². The molecule has 0 spiro atoms. The summed E-state index contributed by atoms with van der Waals surface area (Å²) in [6.07, 6.45) is 1.87. The molecule has 0 radical (unpaired) electrons. The third kappa shape index (κ3) is 2.51. The molecule has 1 atom stereocenters. The third-order valence-corrected chi connectivity index (χ3v) is 4.79. The van der Waals surface area contributed by atoms with E-state index in [0.29, 0.717) is 5.92 Å². The zero-order valence-corrected chi connectivity index (χ0v) is 12.1. The summed E-state index contributed by atoms with van der Waals surface area (Å²) >= 11 is 1.71. The van der Waals surface area contributed by atoms with Gasteiger partial charge >= 0.3 is 0 Å². The Kier molecular flexibility index (Phi) is 3.29. The summed E-state index contributed by atoms with van der Waals surface area (Å²) in [7, 11) is 0. The summed E-state index contributed by atoms with van der Waals surface area (Å²) in [5.41, 5.74) is 2.64. The van der Waals surface area contributed by atoms with Gasteiger partial charge in [-0.05, 0) is 25.5 Å². The number of nitrogens with zero attached hydrogens (tertiary/aromatic N) is 1. The molecule has 0 aliphatic carbocycles. The van der Waals surface area contributed by atoms with Gasteiger partial charge in [-0.1, -0.05) is 18.2 Å². The number of benzene rings is 1. The van der Waals surface area contributed by atoms with Crippen LogP contribution < -0.4 is 10.6 Å². The first-order valence-electron chi connectivity index (χ1n) is 6.64. The lowest BCUT2D eigenvalue weighted by atomic mass is 9.99. The predicted molar refractivity (Wildman–Crippen MR) is 80.8 cm³/mol. The first-order valence-corrected chi connectivity index (χ1v) is 7.52. The molecule has 0 fully saturated rings. The third-order valence-electron chi connectivity index (χ3n) is 3.70. The van der Waals surface area contributed by atoms with Crippen LogP contribution in [0.4, 0.5) is 5.69 Å². The van der Waals surface area contributed by atoms with Gasteiger partial charge in [0.2, 0.25) is 0 Å². The lowest BCUT2D eigenvalue weighted by molar-refractivity contribution is 0.389. The molecule has 2 N–H and O–H groups in total. The Labute approximate surface area is 118 Å². The Morgan fingerprint density at radius 3 is 3.05 bits per heavy atom. The fourth-order valence-corrected chi connectivity index (χ4v) is 3.26. The second kappa shape index (κ2) is 4.94. The van der Waals surface area contributed by atoms with Crippen LogP contribution in [0.5, 0.6) is 0 Å². The van der Waals surface area contributed by atoms with Gasteiger partial charge in [0.05, 0.1) is 5.54 Å². The molecule has 3 nitrogen and oxygen atoms in total. The van der Waals surface area contributed by atoms with E-state index in [1.807, 2.05) is 11.6 Å². The maximum Gasteiger partial charge on any atom is 0.112 e. The standard InChI is InChI=1S/C15H19N3S/c1-15(2,14-16-7-8-19-14)18-10-11-9-17-13-6-4-3-5-12(11)13/h3-8,11,17-18H,9-10H2,1-2H3. The summed E-state index contributed by atoms with van der Waals surface area (Å²) in [5, 5.41) is 10.3. The highest BCUT2D eigenvalue weighted by Gasteiger charge is 2.27. The van der Waals surface area contributed by atoms with Gasteiger partial charge in [-0.2, -0.15) is 0 Å². The van der Waals surface area contributed by atoms with Crippen molar-refractivity contribution in [1.29, 1.82) is 0 Å². The normalized spacial score (nSPS) is 18.1. The molecular weight excluding hydrogens is 254 g/mol. The number of hydrogen-bond acceptors (Lipinski definition) is 4. The van der Waals surface area contributed by atoms with Crippen molar-refractivity contribution >= 4 is 17.0 Å². The minimum atomic E-state index is -0.0638. The van der Waals surface area contributed by atoms with E-state index in [0.717, 1.165) is 18.1 Å². The van der Waals surface area contributed by atoms with Crippen LogP contribution in [0.15, 0.2) is 35.8 Å². The van der Waals surface area contributed by atoms with Crippen LogP contribution in [0, 0.1) is 0 Å². The van der Waals surface area contributed by atoms with Crippen LogP contribution in [0.3, 0.4) is 0 Å². The zero-order chi connectivity index (χ0) is 13.3. The highest BCUT2D eigenvalue weighted by Crippen LogP contribution is 2.31. The fourth-order valence-electron chi connectivity index (χ4n) is 2.53. The minimum absolute atomic E-state index is 0.0638. The zero-order valence-electron chi connectivity index (χ0n) is 11.3. The summed E-state index contributed by atoms with van der Waals surface area (Å²) in [6, 6.07) is 8.57. The predicted octanol–water partition coefficient (Wildman–Crippen LogP) is 3.18. The number of fused-ring (bicyclic) bond motifs is 1. The molecule has 0 saturated carbocycles. The van der Waals surface area contributed by atoms with Gasteiger partial charge in [0.25, 0.3) is 0 Å². The number of aromatic nitrogens is 1. The van der Waals surface area contributed by atoms with Crippen LogP contribution in [-0.4, -0.2) is 18.1 Å². The molecule has 2 aromatic rings. The molecule has 0 amide bonds. The van der Waals surface area contributed by atoms with Crippen molar-refractivity contribution in [3.8, 4) is 0 Å². The van der Waals surface area contributed by atoms with Gasteiger partial charge in [-0.25, -0.2) is 4.98 Å². The maximum absolute atomic E-state index is 4.42. The summed E-state index contributed by atoms with van der Waals surface area (Å²) in [4.78, 5) is 4.42. The van der Waals surface area contributed by atoms with Crippen molar-refractivity contribution in [2.75, 3.05) is 18.4 Å². The van der Waals surface area contributed by atoms with Crippen LogP contribution in [-0.2, 0) is 5.54 Å². The monoisotopic (exact) mass is 273 g/mol. The van der Waals surface area contributed by atoms with Crippen molar-refractivity contribution in [3.05, 3.63) is 46.4 Å². The Bertz CT molecular complexity index is 548. The van der Waals surface area contributed by atoms with Crippen molar-refractivity contribution in [2.24, 2.45) is 0 Å². The number of nitrogens with one attached hydrogen (secondary N) is 2. The van der Waals surface area contributed by atoms with E-state index in [-0.39, 0.29) is 5.54 Å². The molecule has 4 heteroatoms. The van der Waals surface area contributed by atoms with E-state index in [1.54, 1.807) is 11.3 Å². The topological polar surface area (TPSA) is 37.0 Å². The summed E-state index contributed by atoms with van der Waals surface area (Å²) < 4.78 is 0. The first kappa shape index (κ1) is 12.6. The largest absolute Gasteiger partial charge is 0.384 e. The van der Waals surface area contributed by atoms with Crippen LogP contribution in [0.25, 0.3) is 0 Å². The van der Waals surface area contributed by atoms with Crippen LogP contribution >= 0.6 is 11.3 Å². The van der Waals surface area contributed by atoms with Gasteiger partial charge in [-0.3, -0.25) is 0 Å². The van der Waals surface area contributed by atoms with E-state index >= 15 is 0 Å². The van der Waals surface area contributed by atoms with Crippen molar-refractivity contribution in [2.45, 2.75) is 25.3 Å². The molecule has 3 rings (SSSR count). The molecular formula is C15H19N3S. The van der Waals surface area contributed by atoms with E-state index in [4.69, 9.17) is 0 Å². The molecule has 0 bridgehead atoms. The summed E-state index contributed by atoms with van der Waals surface area (Å²) in [5.74, 6) is 0.537. The molecule has 0 saturated heterocycles. The van der Waals surface area contributed by atoms with Crippen LogP contribution in [0.2, 0.25) is 0 Å². The molecule has 100 valence electrons. The minimum Gasteiger partial charge on any atom is -0.384 e. The molecule has 1 unspecified atom stereocenters. The smallest absolute Gasteiger partial charge is 0.112 e. The first-order chi connectivity index (χ1) is 9.17.